The van der Waals surface area contributed by atoms with Crippen LogP contribution in [0.15, 0.2) is 72.8 Å². The third-order valence-corrected chi connectivity index (χ3v) is 4.12. The molecule has 0 aromatic heterocycles. The Balaban J connectivity index is 1.60. The third-order valence-electron chi connectivity index (χ3n) is 3.88. The monoisotopic (exact) mass is 397 g/mol. The molecule has 0 atom stereocenters. The summed E-state index contributed by atoms with van der Waals surface area (Å²) < 4.78 is 16.7. The van der Waals surface area contributed by atoms with Crippen LogP contribution in [0.1, 0.15) is 5.56 Å². The van der Waals surface area contributed by atoms with E-state index in [0.717, 1.165) is 5.56 Å². The third kappa shape index (κ3) is 5.41. The van der Waals surface area contributed by atoms with Gasteiger partial charge >= 0.3 is 0 Å². The summed E-state index contributed by atoms with van der Waals surface area (Å²) in [5.41, 5.74) is 1.53. The number of hydrogen-bond donors (Lipinski definition) is 1. The highest BCUT2D eigenvalue weighted by Crippen LogP contribution is 2.29. The predicted octanol–water partition coefficient (Wildman–Crippen LogP) is 4.95. The number of hydrogen-bond acceptors (Lipinski definition) is 4. The maximum atomic E-state index is 12.3. The Labute approximate surface area is 168 Å². The summed E-state index contributed by atoms with van der Waals surface area (Å²) in [5.74, 6) is 1.24. The van der Waals surface area contributed by atoms with Crippen LogP contribution in [-0.4, -0.2) is 19.6 Å². The van der Waals surface area contributed by atoms with E-state index in [9.17, 15) is 4.79 Å². The molecule has 3 rings (SSSR count). The van der Waals surface area contributed by atoms with Crippen molar-refractivity contribution in [1.82, 2.24) is 0 Å². The minimum absolute atomic E-state index is 0.179. The summed E-state index contributed by atoms with van der Waals surface area (Å²) >= 11 is 5.98. The van der Waals surface area contributed by atoms with Gasteiger partial charge in [-0.25, -0.2) is 0 Å². The summed E-state index contributed by atoms with van der Waals surface area (Å²) in [6.45, 7) is 0.231. The second-order valence-electron chi connectivity index (χ2n) is 5.90. The molecule has 0 saturated heterocycles. The molecule has 1 N–H and O–H groups in total. The Kier molecular flexibility index (Phi) is 6.76. The average Bonchev–Trinajstić information content (AvgIpc) is 2.72. The highest BCUT2D eigenvalue weighted by atomic mass is 35.5. The van der Waals surface area contributed by atoms with Gasteiger partial charge in [-0.3, -0.25) is 4.79 Å². The summed E-state index contributed by atoms with van der Waals surface area (Å²) in [5, 5.41) is 3.23. The van der Waals surface area contributed by atoms with E-state index in [2.05, 4.69) is 5.32 Å². The molecule has 0 saturated carbocycles. The van der Waals surface area contributed by atoms with Gasteiger partial charge in [0.05, 0.1) is 12.8 Å². The van der Waals surface area contributed by atoms with Gasteiger partial charge in [-0.05, 0) is 35.9 Å². The molecule has 5 nitrogen and oxygen atoms in total. The van der Waals surface area contributed by atoms with Crippen LogP contribution in [0.5, 0.6) is 17.2 Å². The Bertz CT molecular complexity index is 931. The molecular weight excluding hydrogens is 378 g/mol. The van der Waals surface area contributed by atoms with E-state index in [-0.39, 0.29) is 12.5 Å². The lowest BCUT2D eigenvalue weighted by atomic mass is 10.2. The normalized spacial score (nSPS) is 10.2. The molecule has 144 valence electrons. The number of amides is 1. The fourth-order valence-electron chi connectivity index (χ4n) is 2.53. The first-order valence-electron chi connectivity index (χ1n) is 8.67. The van der Waals surface area contributed by atoms with Gasteiger partial charge in [0.15, 0.2) is 18.1 Å². The van der Waals surface area contributed by atoms with Gasteiger partial charge in [-0.1, -0.05) is 54.1 Å². The van der Waals surface area contributed by atoms with Gasteiger partial charge in [0.1, 0.15) is 12.4 Å². The molecule has 28 heavy (non-hydrogen) atoms. The van der Waals surface area contributed by atoms with Crippen LogP contribution in [0, 0.1) is 0 Å². The molecular formula is C22H20ClNO4. The summed E-state index contributed by atoms with van der Waals surface area (Å²) in [4.78, 5) is 12.3. The smallest absolute Gasteiger partial charge is 0.262 e. The van der Waals surface area contributed by atoms with Crippen LogP contribution in [0.3, 0.4) is 0 Å². The van der Waals surface area contributed by atoms with Crippen molar-refractivity contribution < 1.29 is 19.0 Å². The van der Waals surface area contributed by atoms with Gasteiger partial charge in [0.25, 0.3) is 5.91 Å². The second kappa shape index (κ2) is 9.67. The number of rotatable bonds is 8. The minimum Gasteiger partial charge on any atom is -0.495 e. The number of anilines is 1. The zero-order chi connectivity index (χ0) is 19.8. The Morgan fingerprint density at radius 2 is 1.57 bits per heavy atom. The van der Waals surface area contributed by atoms with Gasteiger partial charge in [-0.2, -0.15) is 0 Å². The first kappa shape index (κ1) is 19.6. The average molecular weight is 398 g/mol. The zero-order valence-electron chi connectivity index (χ0n) is 15.4. The highest BCUT2D eigenvalue weighted by molar-refractivity contribution is 6.31. The Morgan fingerprint density at radius 1 is 0.893 bits per heavy atom. The second-order valence-corrected chi connectivity index (χ2v) is 6.34. The molecule has 0 heterocycles. The molecule has 0 aliphatic carbocycles. The molecule has 0 aliphatic rings. The maximum Gasteiger partial charge on any atom is 0.262 e. The first-order chi connectivity index (χ1) is 13.7. The number of halogens is 1. The largest absolute Gasteiger partial charge is 0.495 e. The van der Waals surface area contributed by atoms with Gasteiger partial charge < -0.3 is 19.5 Å². The quantitative estimate of drug-likeness (QED) is 0.584. The van der Waals surface area contributed by atoms with Crippen molar-refractivity contribution in [3.63, 3.8) is 0 Å². The van der Waals surface area contributed by atoms with Gasteiger partial charge in [0, 0.05) is 5.02 Å². The van der Waals surface area contributed by atoms with E-state index >= 15 is 0 Å². The standard InChI is InChI=1S/C22H20ClNO4/c1-26-19-12-11-17(23)13-18(19)24-22(25)15-28-21-10-6-5-9-20(21)27-14-16-7-3-2-4-8-16/h2-13H,14-15H2,1H3,(H,24,25). The molecule has 0 aliphatic heterocycles. The zero-order valence-corrected chi connectivity index (χ0v) is 16.1. The Morgan fingerprint density at radius 3 is 2.29 bits per heavy atom. The van der Waals surface area contributed by atoms with Crippen molar-refractivity contribution in [3.8, 4) is 17.2 Å². The highest BCUT2D eigenvalue weighted by Gasteiger charge is 2.11. The van der Waals surface area contributed by atoms with Crippen molar-refractivity contribution in [3.05, 3.63) is 83.4 Å². The predicted molar refractivity (Wildman–Crippen MR) is 109 cm³/mol. The van der Waals surface area contributed by atoms with Crippen LogP contribution in [0.4, 0.5) is 5.69 Å². The van der Waals surface area contributed by atoms with Gasteiger partial charge in [-0.15, -0.1) is 0 Å². The lowest BCUT2D eigenvalue weighted by Crippen LogP contribution is -2.20. The van der Waals surface area contributed by atoms with E-state index in [4.69, 9.17) is 25.8 Å². The van der Waals surface area contributed by atoms with Crippen molar-refractivity contribution in [2.45, 2.75) is 6.61 Å². The topological polar surface area (TPSA) is 56.8 Å². The molecule has 1 amide bonds. The van der Waals surface area contributed by atoms with Crippen LogP contribution in [0.25, 0.3) is 0 Å². The number of carbonyl (C=O) groups is 1. The van der Waals surface area contributed by atoms with E-state index in [0.29, 0.717) is 34.6 Å². The van der Waals surface area contributed by atoms with Crippen molar-refractivity contribution in [2.24, 2.45) is 0 Å². The summed E-state index contributed by atoms with van der Waals surface area (Å²) in [7, 11) is 1.52. The van der Waals surface area contributed by atoms with Crippen LogP contribution in [-0.2, 0) is 11.4 Å². The molecule has 0 fully saturated rings. The molecule has 3 aromatic carbocycles. The molecule has 0 bridgehead atoms. The number of nitrogens with one attached hydrogen (secondary N) is 1. The fraction of sp³-hybridized carbons (Fsp3) is 0.136. The van der Waals surface area contributed by atoms with Crippen molar-refractivity contribution in [1.29, 1.82) is 0 Å². The minimum atomic E-state index is -0.335. The fourth-order valence-corrected chi connectivity index (χ4v) is 2.70. The lowest BCUT2D eigenvalue weighted by molar-refractivity contribution is -0.118. The van der Waals surface area contributed by atoms with Crippen molar-refractivity contribution in [2.75, 3.05) is 19.0 Å². The maximum absolute atomic E-state index is 12.3. The van der Waals surface area contributed by atoms with Gasteiger partial charge in [0.2, 0.25) is 0 Å². The van der Waals surface area contributed by atoms with E-state index in [1.165, 1.54) is 7.11 Å². The Hall–Kier alpha value is -3.18. The molecule has 3 aromatic rings. The number of carbonyl (C=O) groups excluding carboxylic acids is 1. The van der Waals surface area contributed by atoms with E-state index < -0.39 is 0 Å². The number of ether oxygens (including phenoxy) is 3. The number of methoxy groups -OCH3 is 1. The lowest BCUT2D eigenvalue weighted by Gasteiger charge is -2.14. The molecule has 0 unspecified atom stereocenters. The SMILES string of the molecule is COc1ccc(Cl)cc1NC(=O)COc1ccccc1OCc1ccccc1. The van der Waals surface area contributed by atoms with Crippen LogP contribution >= 0.6 is 11.6 Å². The molecule has 6 heteroatoms. The van der Waals surface area contributed by atoms with E-state index in [1.807, 2.05) is 42.5 Å². The summed E-state index contributed by atoms with van der Waals surface area (Å²) in [6, 6.07) is 22.0. The van der Waals surface area contributed by atoms with Crippen LogP contribution < -0.4 is 19.5 Å². The molecule has 0 spiro atoms. The van der Waals surface area contributed by atoms with E-state index in [1.54, 1.807) is 30.3 Å². The van der Waals surface area contributed by atoms with Crippen LogP contribution in [0.2, 0.25) is 5.02 Å². The summed E-state index contributed by atoms with van der Waals surface area (Å²) in [6.07, 6.45) is 0. The number of benzene rings is 3. The van der Waals surface area contributed by atoms with Crippen molar-refractivity contribution >= 4 is 23.2 Å². The molecule has 0 radical (unpaired) electrons. The number of para-hydroxylation sites is 2. The first-order valence-corrected chi connectivity index (χ1v) is 9.05.